The molecule has 1 atom stereocenters. The smallest absolute Gasteiger partial charge is 0.151 e. The van der Waals surface area contributed by atoms with Crippen LogP contribution in [0.5, 0.6) is 0 Å². The monoisotopic (exact) mass is 206 g/mol. The molecule has 0 saturated carbocycles. The molecule has 15 heavy (non-hydrogen) atoms. The van der Waals surface area contributed by atoms with Gasteiger partial charge in [0, 0.05) is 6.42 Å². The molecule has 1 aromatic carbocycles. The highest BCUT2D eigenvalue weighted by Gasteiger charge is 2.32. The van der Waals surface area contributed by atoms with Crippen LogP contribution in [0.3, 0.4) is 0 Å². The zero-order chi connectivity index (χ0) is 10.8. The molecule has 0 bridgehead atoms. The van der Waals surface area contributed by atoms with Crippen LogP contribution in [0, 0.1) is 11.7 Å². The van der Waals surface area contributed by atoms with Crippen LogP contribution in [0.4, 0.5) is 4.39 Å². The summed E-state index contributed by atoms with van der Waals surface area (Å²) in [5, 5.41) is 0. The van der Waals surface area contributed by atoms with Gasteiger partial charge in [-0.05, 0) is 23.8 Å². The van der Waals surface area contributed by atoms with Crippen LogP contribution in [0.25, 0.3) is 0 Å². The highest BCUT2D eigenvalue weighted by molar-refractivity contribution is 5.90. The van der Waals surface area contributed by atoms with E-state index in [0.717, 1.165) is 11.3 Å². The van der Waals surface area contributed by atoms with Gasteiger partial charge in [-0.15, -0.1) is 0 Å². The Morgan fingerprint density at radius 2 is 2.07 bits per heavy atom. The first kappa shape index (κ1) is 9.90. The molecule has 2 nitrogen and oxygen atoms in total. The highest BCUT2D eigenvalue weighted by Crippen LogP contribution is 2.30. The average molecular weight is 206 g/mol. The molecule has 0 saturated heterocycles. The van der Waals surface area contributed by atoms with E-state index in [2.05, 4.69) is 0 Å². The lowest BCUT2D eigenvalue weighted by Gasteiger charge is -2.00. The maximum Gasteiger partial charge on any atom is 0.151 e. The van der Waals surface area contributed by atoms with Gasteiger partial charge in [0.2, 0.25) is 0 Å². The summed E-state index contributed by atoms with van der Waals surface area (Å²) in [6.07, 6.45) is 2.11. The van der Waals surface area contributed by atoms with Gasteiger partial charge in [0.1, 0.15) is 11.6 Å². The van der Waals surface area contributed by atoms with Gasteiger partial charge in [0.15, 0.2) is 5.78 Å². The van der Waals surface area contributed by atoms with Crippen molar-refractivity contribution in [2.45, 2.75) is 6.42 Å². The van der Waals surface area contributed by atoms with Crippen molar-refractivity contribution in [1.82, 2.24) is 0 Å². The fraction of sp³-hybridized carbons (Fsp3) is 0.250. The van der Waals surface area contributed by atoms with Gasteiger partial charge in [-0.25, -0.2) is 4.39 Å². The Morgan fingerprint density at radius 3 is 2.60 bits per heavy atom. The Balaban J connectivity index is 1.93. The van der Waals surface area contributed by atoms with Crippen molar-refractivity contribution < 1.29 is 13.9 Å². The Kier molecular flexibility index (Phi) is 2.54. The molecule has 3 heteroatoms. The topological polar surface area (TPSA) is 26.3 Å². The molecule has 0 radical (unpaired) electrons. The fourth-order valence-corrected chi connectivity index (χ4v) is 1.48. The SMILES string of the molecule is COC1=CC1C(=O)Cc1ccc(F)cc1. The molecular weight excluding hydrogens is 195 g/mol. The molecule has 0 aromatic heterocycles. The maximum absolute atomic E-state index is 12.6. The Morgan fingerprint density at radius 1 is 1.40 bits per heavy atom. The Labute approximate surface area is 87.4 Å². The minimum atomic E-state index is -0.284. The quantitative estimate of drug-likeness (QED) is 0.754. The van der Waals surface area contributed by atoms with E-state index < -0.39 is 0 Å². The summed E-state index contributed by atoms with van der Waals surface area (Å²) in [5.41, 5.74) is 0.831. The van der Waals surface area contributed by atoms with E-state index in [1.807, 2.05) is 0 Å². The summed E-state index contributed by atoms with van der Waals surface area (Å²) in [6.45, 7) is 0. The van der Waals surface area contributed by atoms with E-state index in [-0.39, 0.29) is 17.5 Å². The minimum Gasteiger partial charge on any atom is -0.500 e. The largest absolute Gasteiger partial charge is 0.500 e. The maximum atomic E-state index is 12.6. The lowest BCUT2D eigenvalue weighted by molar-refractivity contribution is -0.119. The lowest BCUT2D eigenvalue weighted by atomic mass is 10.1. The summed E-state index contributed by atoms with van der Waals surface area (Å²) in [4.78, 5) is 11.6. The number of hydrogen-bond donors (Lipinski definition) is 0. The number of methoxy groups -OCH3 is 1. The van der Waals surface area contributed by atoms with Crippen molar-refractivity contribution in [3.8, 4) is 0 Å². The molecule has 0 heterocycles. The summed E-state index contributed by atoms with van der Waals surface area (Å²) in [5.74, 6) is 0.397. The van der Waals surface area contributed by atoms with E-state index in [9.17, 15) is 9.18 Å². The number of hydrogen-bond acceptors (Lipinski definition) is 2. The van der Waals surface area contributed by atoms with E-state index in [0.29, 0.717) is 6.42 Å². The van der Waals surface area contributed by atoms with Crippen LogP contribution in [0.1, 0.15) is 5.56 Å². The van der Waals surface area contributed by atoms with Gasteiger partial charge in [-0.1, -0.05) is 12.1 Å². The second kappa shape index (κ2) is 3.85. The normalized spacial score (nSPS) is 18.3. The molecule has 0 amide bonds. The highest BCUT2D eigenvalue weighted by atomic mass is 19.1. The van der Waals surface area contributed by atoms with E-state index >= 15 is 0 Å². The van der Waals surface area contributed by atoms with Crippen LogP contribution in [-0.4, -0.2) is 12.9 Å². The molecule has 1 unspecified atom stereocenters. The molecule has 78 valence electrons. The van der Waals surface area contributed by atoms with Gasteiger partial charge < -0.3 is 4.74 Å². The van der Waals surface area contributed by atoms with Crippen LogP contribution in [0.2, 0.25) is 0 Å². The third-order valence-electron chi connectivity index (χ3n) is 2.40. The van der Waals surface area contributed by atoms with Crippen LogP contribution in [0.15, 0.2) is 36.1 Å². The number of carbonyl (C=O) groups is 1. The second-order valence-corrected chi connectivity index (χ2v) is 3.52. The average Bonchev–Trinajstić information content (AvgIpc) is 3.00. The third kappa shape index (κ3) is 2.24. The van der Waals surface area contributed by atoms with Crippen molar-refractivity contribution in [3.05, 3.63) is 47.5 Å². The first-order valence-electron chi connectivity index (χ1n) is 4.73. The number of allylic oxidation sites excluding steroid dienone is 2. The summed E-state index contributed by atoms with van der Waals surface area (Å²) in [7, 11) is 1.55. The summed E-state index contributed by atoms with van der Waals surface area (Å²) in [6, 6.07) is 5.98. The number of benzene rings is 1. The number of Topliss-reactive ketones (excluding diaryl/α,β-unsaturated/α-hetero) is 1. The number of halogens is 1. The Bertz CT molecular complexity index is 406. The van der Waals surface area contributed by atoms with Gasteiger partial charge in [-0.3, -0.25) is 4.79 Å². The lowest BCUT2D eigenvalue weighted by Crippen LogP contribution is -2.07. The van der Waals surface area contributed by atoms with Crippen molar-refractivity contribution in [2.75, 3.05) is 7.11 Å². The number of ketones is 1. The molecule has 0 aliphatic heterocycles. The van der Waals surface area contributed by atoms with Crippen molar-refractivity contribution in [1.29, 1.82) is 0 Å². The molecule has 2 rings (SSSR count). The Hall–Kier alpha value is -1.64. The summed E-state index contributed by atoms with van der Waals surface area (Å²) < 4.78 is 17.5. The number of carbonyl (C=O) groups excluding carboxylic acids is 1. The van der Waals surface area contributed by atoms with Gasteiger partial charge >= 0.3 is 0 Å². The zero-order valence-electron chi connectivity index (χ0n) is 8.37. The first-order valence-corrected chi connectivity index (χ1v) is 4.73. The van der Waals surface area contributed by atoms with E-state index in [4.69, 9.17) is 4.74 Å². The predicted octanol–water partition coefficient (Wildman–Crippen LogP) is 2.10. The van der Waals surface area contributed by atoms with Crippen molar-refractivity contribution in [3.63, 3.8) is 0 Å². The van der Waals surface area contributed by atoms with Crippen LogP contribution < -0.4 is 0 Å². The van der Waals surface area contributed by atoms with E-state index in [1.165, 1.54) is 12.1 Å². The third-order valence-corrected chi connectivity index (χ3v) is 2.40. The minimum absolute atomic E-state index is 0.0958. The van der Waals surface area contributed by atoms with E-state index in [1.54, 1.807) is 25.3 Å². The molecule has 0 fully saturated rings. The van der Waals surface area contributed by atoms with Gasteiger partial charge in [0.05, 0.1) is 13.0 Å². The molecular formula is C12H11FO2. The molecule has 1 aliphatic carbocycles. The predicted molar refractivity (Wildman–Crippen MR) is 53.7 cm³/mol. The summed E-state index contributed by atoms with van der Waals surface area (Å²) >= 11 is 0. The van der Waals surface area contributed by atoms with Crippen LogP contribution in [-0.2, 0) is 16.0 Å². The van der Waals surface area contributed by atoms with Crippen LogP contribution >= 0.6 is 0 Å². The first-order chi connectivity index (χ1) is 7.20. The van der Waals surface area contributed by atoms with Crippen molar-refractivity contribution >= 4 is 5.78 Å². The zero-order valence-corrected chi connectivity index (χ0v) is 8.37. The van der Waals surface area contributed by atoms with Gasteiger partial charge in [0.25, 0.3) is 0 Å². The van der Waals surface area contributed by atoms with Crippen molar-refractivity contribution in [2.24, 2.45) is 5.92 Å². The standard InChI is InChI=1S/C12H11FO2/c1-15-12-7-10(12)11(14)6-8-2-4-9(13)5-3-8/h2-5,7,10H,6H2,1H3. The number of ether oxygens (including phenoxy) is 1. The molecule has 1 aliphatic rings. The van der Waals surface area contributed by atoms with Gasteiger partial charge in [-0.2, -0.15) is 0 Å². The molecule has 1 aromatic rings. The number of rotatable bonds is 4. The second-order valence-electron chi connectivity index (χ2n) is 3.52. The fourth-order valence-electron chi connectivity index (χ4n) is 1.48. The molecule has 0 N–H and O–H groups in total. The molecule has 0 spiro atoms.